The Bertz CT molecular complexity index is 608. The zero-order valence-electron chi connectivity index (χ0n) is 16.8. The molecule has 2 aliphatic rings. The molecule has 2 aliphatic carbocycles. The molecule has 1 aromatic rings. The fourth-order valence-electron chi connectivity index (χ4n) is 4.74. The molecular formula is C26H36. The Labute approximate surface area is 161 Å². The molecule has 0 bridgehead atoms. The Balaban J connectivity index is 1.41. The second-order valence-corrected chi connectivity index (χ2v) is 8.48. The van der Waals surface area contributed by atoms with Crippen molar-refractivity contribution in [1.82, 2.24) is 0 Å². The summed E-state index contributed by atoms with van der Waals surface area (Å²) in [5, 5.41) is 0. The Hall–Kier alpha value is -1.48. The lowest BCUT2D eigenvalue weighted by molar-refractivity contribution is 0.304. The van der Waals surface area contributed by atoms with Crippen LogP contribution in [0.1, 0.15) is 88.7 Å². The quantitative estimate of drug-likeness (QED) is 0.501. The standard InChI is InChI=1S/C26H36/c1-3-21-9-11-23(12-10-21)7-5-6-8-24-15-19-26(20-16-24)25-17-13-22(4-2)14-18-25/h5,7,13-14,17-18,21,23-24,26H,3-4,9-12,15-16,19-20H2,1-2H3. The van der Waals surface area contributed by atoms with Gasteiger partial charge < -0.3 is 0 Å². The predicted molar refractivity (Wildman–Crippen MR) is 113 cm³/mol. The lowest BCUT2D eigenvalue weighted by Crippen LogP contribution is -2.12. The van der Waals surface area contributed by atoms with E-state index in [0.29, 0.717) is 5.92 Å². The van der Waals surface area contributed by atoms with Crippen LogP contribution in [0.15, 0.2) is 36.4 Å². The molecule has 0 spiro atoms. The van der Waals surface area contributed by atoms with Gasteiger partial charge >= 0.3 is 0 Å². The van der Waals surface area contributed by atoms with Gasteiger partial charge in [-0.2, -0.15) is 0 Å². The molecule has 3 rings (SSSR count). The van der Waals surface area contributed by atoms with Crippen molar-refractivity contribution in [2.75, 3.05) is 0 Å². The van der Waals surface area contributed by atoms with Crippen LogP contribution in [-0.2, 0) is 6.42 Å². The van der Waals surface area contributed by atoms with Crippen LogP contribution in [0.5, 0.6) is 0 Å². The van der Waals surface area contributed by atoms with Crippen LogP contribution in [0.25, 0.3) is 0 Å². The third-order valence-corrected chi connectivity index (χ3v) is 6.79. The third-order valence-electron chi connectivity index (χ3n) is 6.79. The van der Waals surface area contributed by atoms with Crippen LogP contribution in [0, 0.1) is 29.6 Å². The molecule has 0 heterocycles. The molecule has 0 aliphatic heterocycles. The SMILES string of the molecule is CCc1ccc(C2CCC(C#CC=CC3CCC(CC)CC3)CC2)cc1. The summed E-state index contributed by atoms with van der Waals surface area (Å²) < 4.78 is 0. The van der Waals surface area contributed by atoms with Crippen LogP contribution in [0.2, 0.25) is 0 Å². The summed E-state index contributed by atoms with van der Waals surface area (Å²) in [6.07, 6.45) is 17.8. The van der Waals surface area contributed by atoms with Gasteiger partial charge in [0.05, 0.1) is 0 Å². The van der Waals surface area contributed by atoms with Crippen molar-refractivity contribution in [1.29, 1.82) is 0 Å². The van der Waals surface area contributed by atoms with Crippen molar-refractivity contribution in [2.45, 2.75) is 84.0 Å². The van der Waals surface area contributed by atoms with Gasteiger partial charge in [0.25, 0.3) is 0 Å². The van der Waals surface area contributed by atoms with E-state index in [9.17, 15) is 0 Å². The first-order valence-corrected chi connectivity index (χ1v) is 11.0. The summed E-state index contributed by atoms with van der Waals surface area (Å²) in [5.74, 6) is 10.0. The van der Waals surface area contributed by atoms with Crippen molar-refractivity contribution >= 4 is 0 Å². The number of benzene rings is 1. The van der Waals surface area contributed by atoms with Gasteiger partial charge in [-0.1, -0.05) is 62.5 Å². The Morgan fingerprint density at radius 3 is 2.19 bits per heavy atom. The average Bonchev–Trinajstić information content (AvgIpc) is 2.72. The first-order valence-electron chi connectivity index (χ1n) is 11.0. The van der Waals surface area contributed by atoms with Crippen LogP contribution in [-0.4, -0.2) is 0 Å². The highest BCUT2D eigenvalue weighted by atomic mass is 14.3. The fourth-order valence-corrected chi connectivity index (χ4v) is 4.74. The Morgan fingerprint density at radius 1 is 0.885 bits per heavy atom. The first-order chi connectivity index (χ1) is 12.8. The number of hydrogen-bond donors (Lipinski definition) is 0. The normalized spacial score (nSPS) is 29.3. The topological polar surface area (TPSA) is 0 Å². The Morgan fingerprint density at radius 2 is 1.58 bits per heavy atom. The highest BCUT2D eigenvalue weighted by Crippen LogP contribution is 2.35. The summed E-state index contributed by atoms with van der Waals surface area (Å²) in [6, 6.07) is 9.32. The Kier molecular flexibility index (Phi) is 7.43. The molecule has 0 unspecified atom stereocenters. The predicted octanol–water partition coefficient (Wildman–Crippen LogP) is 7.30. The van der Waals surface area contributed by atoms with Crippen molar-refractivity contribution in [3.8, 4) is 11.8 Å². The lowest BCUT2D eigenvalue weighted by atomic mass is 9.79. The van der Waals surface area contributed by atoms with E-state index in [2.05, 4.69) is 62.1 Å². The van der Waals surface area contributed by atoms with E-state index in [0.717, 1.165) is 24.2 Å². The zero-order chi connectivity index (χ0) is 18.2. The third kappa shape index (κ3) is 5.51. The maximum Gasteiger partial charge on any atom is 0.0206 e. The van der Waals surface area contributed by atoms with Crippen molar-refractivity contribution in [2.24, 2.45) is 17.8 Å². The van der Waals surface area contributed by atoms with Crippen LogP contribution in [0.3, 0.4) is 0 Å². The van der Waals surface area contributed by atoms with E-state index in [4.69, 9.17) is 0 Å². The molecule has 0 N–H and O–H groups in total. The molecule has 2 saturated carbocycles. The van der Waals surface area contributed by atoms with E-state index in [1.165, 1.54) is 68.9 Å². The number of hydrogen-bond acceptors (Lipinski definition) is 0. The number of allylic oxidation sites excluding steroid dienone is 2. The monoisotopic (exact) mass is 348 g/mol. The van der Waals surface area contributed by atoms with Gasteiger partial charge in [-0.25, -0.2) is 0 Å². The first kappa shape index (κ1) is 19.3. The molecule has 2 fully saturated rings. The van der Waals surface area contributed by atoms with Crippen LogP contribution >= 0.6 is 0 Å². The summed E-state index contributed by atoms with van der Waals surface area (Å²) in [4.78, 5) is 0. The molecule has 26 heavy (non-hydrogen) atoms. The zero-order valence-corrected chi connectivity index (χ0v) is 16.8. The van der Waals surface area contributed by atoms with E-state index in [-0.39, 0.29) is 0 Å². The van der Waals surface area contributed by atoms with Crippen molar-refractivity contribution in [3.05, 3.63) is 47.5 Å². The van der Waals surface area contributed by atoms with Gasteiger partial charge in [0.1, 0.15) is 0 Å². The molecule has 140 valence electrons. The van der Waals surface area contributed by atoms with Crippen LogP contribution in [0.4, 0.5) is 0 Å². The van der Waals surface area contributed by atoms with Gasteiger partial charge in [0.2, 0.25) is 0 Å². The van der Waals surface area contributed by atoms with E-state index < -0.39 is 0 Å². The van der Waals surface area contributed by atoms with Crippen LogP contribution < -0.4 is 0 Å². The number of rotatable bonds is 4. The van der Waals surface area contributed by atoms with Gasteiger partial charge in [-0.3, -0.25) is 0 Å². The average molecular weight is 349 g/mol. The summed E-state index contributed by atoms with van der Waals surface area (Å²) >= 11 is 0. The maximum atomic E-state index is 3.53. The molecule has 0 saturated heterocycles. The fraction of sp³-hybridized carbons (Fsp3) is 0.615. The molecule has 1 aromatic carbocycles. The van der Waals surface area contributed by atoms with E-state index >= 15 is 0 Å². The van der Waals surface area contributed by atoms with Gasteiger partial charge in [0, 0.05) is 5.92 Å². The largest absolute Gasteiger partial charge is 0.0951 e. The van der Waals surface area contributed by atoms with Gasteiger partial charge in [0.15, 0.2) is 0 Å². The second-order valence-electron chi connectivity index (χ2n) is 8.48. The molecule has 0 amide bonds. The maximum absolute atomic E-state index is 3.53. The summed E-state index contributed by atoms with van der Waals surface area (Å²) in [5.41, 5.74) is 2.99. The minimum Gasteiger partial charge on any atom is -0.0951 e. The van der Waals surface area contributed by atoms with Gasteiger partial charge in [-0.05, 0) is 92.7 Å². The summed E-state index contributed by atoms with van der Waals surface area (Å²) in [6.45, 7) is 4.56. The van der Waals surface area contributed by atoms with Crippen molar-refractivity contribution < 1.29 is 0 Å². The molecular weight excluding hydrogens is 312 g/mol. The molecule has 0 radical (unpaired) electrons. The lowest BCUT2D eigenvalue weighted by Gasteiger charge is -2.26. The molecule has 0 atom stereocenters. The molecule has 0 nitrogen and oxygen atoms in total. The van der Waals surface area contributed by atoms with Crippen molar-refractivity contribution in [3.63, 3.8) is 0 Å². The second kappa shape index (κ2) is 10.0. The van der Waals surface area contributed by atoms with Gasteiger partial charge in [-0.15, -0.1) is 0 Å². The van der Waals surface area contributed by atoms with E-state index in [1.807, 2.05) is 0 Å². The minimum absolute atomic E-state index is 0.613. The number of aryl methyl sites for hydroxylation is 1. The highest BCUT2D eigenvalue weighted by Gasteiger charge is 2.21. The minimum atomic E-state index is 0.613. The smallest absolute Gasteiger partial charge is 0.0206 e. The molecule has 0 heteroatoms. The van der Waals surface area contributed by atoms with E-state index in [1.54, 1.807) is 0 Å². The molecule has 0 aromatic heterocycles. The summed E-state index contributed by atoms with van der Waals surface area (Å²) in [7, 11) is 0. The highest BCUT2D eigenvalue weighted by molar-refractivity contribution is 5.26.